The van der Waals surface area contributed by atoms with Gasteiger partial charge in [-0.3, -0.25) is 19.3 Å². The number of nitrogens with one attached hydrogen (secondary N) is 1. The lowest BCUT2D eigenvalue weighted by atomic mass is 10.0. The Morgan fingerprint density at radius 2 is 1.47 bits per heavy atom. The number of hydrogen-bond donors (Lipinski definition) is 1. The molecule has 1 aliphatic heterocycles. The Labute approximate surface area is 220 Å². The van der Waals surface area contributed by atoms with Gasteiger partial charge in [-0.25, -0.2) is 4.79 Å². The van der Waals surface area contributed by atoms with Gasteiger partial charge >= 0.3 is 5.97 Å². The maximum absolute atomic E-state index is 13.1. The first kappa shape index (κ1) is 26.6. The summed E-state index contributed by atoms with van der Waals surface area (Å²) in [7, 11) is 0. The average molecular weight is 567 g/mol. The number of nitrogens with zero attached hydrogens (tertiary/aromatic N) is 1. The Morgan fingerprint density at radius 3 is 1.97 bits per heavy atom. The number of amides is 3. The molecule has 0 radical (unpaired) electrons. The van der Waals surface area contributed by atoms with E-state index < -0.39 is 42.3 Å². The smallest absolute Gasteiger partial charge is 0.330 e. The number of esters is 1. The van der Waals surface area contributed by atoms with E-state index in [1.807, 2.05) is 0 Å². The van der Waals surface area contributed by atoms with Crippen molar-refractivity contribution < 1.29 is 23.9 Å². The van der Waals surface area contributed by atoms with Crippen molar-refractivity contribution in [3.63, 3.8) is 0 Å². The fourth-order valence-corrected chi connectivity index (χ4v) is 4.63. The zero-order valence-corrected chi connectivity index (χ0v) is 21.8. The maximum Gasteiger partial charge on any atom is 0.330 e. The van der Waals surface area contributed by atoms with E-state index in [0.29, 0.717) is 21.2 Å². The fraction of sp³-hybridized carbons (Fsp3) is 0.273. The van der Waals surface area contributed by atoms with Gasteiger partial charge in [-0.15, -0.1) is 0 Å². The third-order valence-electron chi connectivity index (χ3n) is 5.17. The van der Waals surface area contributed by atoms with Gasteiger partial charge in [-0.2, -0.15) is 0 Å². The van der Waals surface area contributed by atoms with E-state index in [1.54, 1.807) is 39.0 Å². The minimum Gasteiger partial charge on any atom is -0.454 e. The Hall–Kier alpha value is -2.03. The lowest BCUT2D eigenvalue weighted by Crippen LogP contribution is -2.49. The molecule has 3 amide bonds. The van der Waals surface area contributed by atoms with E-state index in [2.05, 4.69) is 5.32 Å². The molecular formula is C22H17Cl5N2O5. The molecule has 180 valence electrons. The number of hydrogen-bond acceptors (Lipinski definition) is 5. The number of carbonyl (C=O) groups is 4. The highest BCUT2D eigenvalue weighted by Crippen LogP contribution is 2.45. The number of imide groups is 1. The van der Waals surface area contributed by atoms with Crippen LogP contribution in [0.5, 0.6) is 0 Å². The molecule has 12 heteroatoms. The zero-order chi connectivity index (χ0) is 25.5. The molecule has 7 nitrogen and oxygen atoms in total. The van der Waals surface area contributed by atoms with Gasteiger partial charge in [0, 0.05) is 10.7 Å². The molecule has 0 aliphatic carbocycles. The van der Waals surface area contributed by atoms with Crippen LogP contribution < -0.4 is 5.32 Å². The third kappa shape index (κ3) is 4.72. The van der Waals surface area contributed by atoms with Crippen LogP contribution in [0.2, 0.25) is 25.1 Å². The molecule has 3 rings (SSSR count). The van der Waals surface area contributed by atoms with E-state index >= 15 is 0 Å². The minimum atomic E-state index is -1.36. The normalized spacial score (nSPS) is 13.9. The second-order valence-corrected chi connectivity index (χ2v) is 9.66. The molecule has 1 atom stereocenters. The molecule has 1 heterocycles. The summed E-state index contributed by atoms with van der Waals surface area (Å²) in [5.74, 6) is -3.92. The molecule has 1 N–H and O–H groups in total. The van der Waals surface area contributed by atoms with Crippen LogP contribution in [0.1, 0.15) is 40.1 Å². The van der Waals surface area contributed by atoms with Crippen molar-refractivity contribution >= 4 is 87.4 Å². The van der Waals surface area contributed by atoms with Gasteiger partial charge in [-0.05, 0) is 30.5 Å². The molecule has 0 fully saturated rings. The SMILES string of the molecule is Cc1c(Cl)cccc1NC(=O)COC(=O)[C@H](C(C)C)N1C(=O)c2c(Cl)c(Cl)c(Cl)c(Cl)c2C1=O. The first-order chi connectivity index (χ1) is 15.9. The predicted molar refractivity (Wildman–Crippen MR) is 131 cm³/mol. The molecule has 0 spiro atoms. The number of rotatable bonds is 6. The molecule has 2 aromatic rings. The third-order valence-corrected chi connectivity index (χ3v) is 7.38. The monoisotopic (exact) mass is 564 g/mol. The summed E-state index contributed by atoms with van der Waals surface area (Å²) in [6, 6.07) is 3.60. The Bertz CT molecular complexity index is 1180. The highest BCUT2D eigenvalue weighted by molar-refractivity contribution is 6.55. The molecule has 0 unspecified atom stereocenters. The molecule has 0 aromatic heterocycles. The summed E-state index contributed by atoms with van der Waals surface area (Å²) in [4.78, 5) is 52.1. The lowest BCUT2D eigenvalue weighted by Gasteiger charge is -2.27. The summed E-state index contributed by atoms with van der Waals surface area (Å²) < 4.78 is 5.14. The van der Waals surface area contributed by atoms with E-state index in [9.17, 15) is 19.2 Å². The fourth-order valence-electron chi connectivity index (χ4n) is 3.45. The maximum atomic E-state index is 13.1. The second kappa shape index (κ2) is 10.3. The van der Waals surface area contributed by atoms with Crippen molar-refractivity contribution in [2.75, 3.05) is 11.9 Å². The number of benzene rings is 2. The van der Waals surface area contributed by atoms with Crippen LogP contribution in [0.15, 0.2) is 18.2 Å². The quantitative estimate of drug-likeness (QED) is 0.199. The van der Waals surface area contributed by atoms with Gasteiger partial charge in [0.05, 0.1) is 31.2 Å². The number of halogens is 5. The van der Waals surface area contributed by atoms with Crippen LogP contribution in [0.4, 0.5) is 5.69 Å². The van der Waals surface area contributed by atoms with Crippen LogP contribution in [-0.4, -0.2) is 41.2 Å². The number of fused-ring (bicyclic) bond motifs is 1. The predicted octanol–water partition coefficient (Wildman–Crippen LogP) is 6.06. The first-order valence-electron chi connectivity index (χ1n) is 9.83. The summed E-state index contributed by atoms with van der Waals surface area (Å²) in [6.45, 7) is 4.27. The molecule has 0 saturated carbocycles. The molecular weight excluding hydrogens is 550 g/mol. The van der Waals surface area contributed by atoms with Crippen LogP contribution in [0.25, 0.3) is 0 Å². The van der Waals surface area contributed by atoms with Crippen molar-refractivity contribution in [2.45, 2.75) is 26.8 Å². The Balaban J connectivity index is 1.81. The largest absolute Gasteiger partial charge is 0.454 e. The summed E-state index contributed by atoms with van der Waals surface area (Å²) >= 11 is 30.4. The van der Waals surface area contributed by atoms with Gasteiger partial charge in [0.15, 0.2) is 6.61 Å². The van der Waals surface area contributed by atoms with Crippen molar-refractivity contribution in [3.05, 3.63) is 60.0 Å². The van der Waals surface area contributed by atoms with Crippen LogP contribution >= 0.6 is 58.0 Å². The molecule has 34 heavy (non-hydrogen) atoms. The summed E-state index contributed by atoms with van der Waals surface area (Å²) in [6.07, 6.45) is 0. The van der Waals surface area contributed by atoms with Crippen molar-refractivity contribution in [1.82, 2.24) is 4.90 Å². The van der Waals surface area contributed by atoms with E-state index in [4.69, 9.17) is 62.7 Å². The van der Waals surface area contributed by atoms with Gasteiger partial charge in [-0.1, -0.05) is 77.9 Å². The molecule has 2 aromatic carbocycles. The Morgan fingerprint density at radius 1 is 0.941 bits per heavy atom. The van der Waals surface area contributed by atoms with E-state index in [1.165, 1.54) is 0 Å². The van der Waals surface area contributed by atoms with Gasteiger partial charge < -0.3 is 10.1 Å². The topological polar surface area (TPSA) is 92.8 Å². The number of anilines is 1. The van der Waals surface area contributed by atoms with Gasteiger partial charge in [0.1, 0.15) is 6.04 Å². The van der Waals surface area contributed by atoms with E-state index in [-0.39, 0.29) is 31.2 Å². The highest BCUT2D eigenvalue weighted by Gasteiger charge is 2.48. The number of ether oxygens (including phenoxy) is 1. The number of carbonyl (C=O) groups excluding carboxylic acids is 4. The molecule has 1 aliphatic rings. The van der Waals surface area contributed by atoms with Gasteiger partial charge in [0.25, 0.3) is 17.7 Å². The van der Waals surface area contributed by atoms with Gasteiger partial charge in [0.2, 0.25) is 0 Å². The van der Waals surface area contributed by atoms with Crippen molar-refractivity contribution in [2.24, 2.45) is 5.92 Å². The average Bonchev–Trinajstić information content (AvgIpc) is 3.03. The molecule has 0 bridgehead atoms. The standard InChI is InChI=1S/C22H17Cl5N2O5/c1-8(2)19(22(33)34-7-12(30)28-11-6-4-5-10(23)9(11)3)29-20(31)13-14(21(29)32)16(25)18(27)17(26)15(13)24/h4-6,8,19H,7H2,1-3H3,(H,28,30)/t19-/m0/s1. The van der Waals surface area contributed by atoms with Crippen LogP contribution in [-0.2, 0) is 14.3 Å². The summed E-state index contributed by atoms with van der Waals surface area (Å²) in [5.41, 5.74) is 0.589. The molecule has 0 saturated heterocycles. The van der Waals surface area contributed by atoms with Crippen molar-refractivity contribution in [1.29, 1.82) is 0 Å². The lowest BCUT2D eigenvalue weighted by molar-refractivity contribution is -0.152. The highest BCUT2D eigenvalue weighted by atomic mass is 35.5. The summed E-state index contributed by atoms with van der Waals surface area (Å²) in [5, 5.41) is 2.17. The Kier molecular flexibility index (Phi) is 8.05. The van der Waals surface area contributed by atoms with Crippen molar-refractivity contribution in [3.8, 4) is 0 Å². The van der Waals surface area contributed by atoms with Crippen LogP contribution in [0, 0.1) is 12.8 Å². The first-order valence-corrected chi connectivity index (χ1v) is 11.7. The second-order valence-electron chi connectivity index (χ2n) is 7.74. The minimum absolute atomic E-state index is 0.188. The van der Waals surface area contributed by atoms with E-state index in [0.717, 1.165) is 0 Å². The zero-order valence-electron chi connectivity index (χ0n) is 18.0. The van der Waals surface area contributed by atoms with Crippen LogP contribution in [0.3, 0.4) is 0 Å².